The van der Waals surface area contributed by atoms with Gasteiger partial charge < -0.3 is 0 Å². The second kappa shape index (κ2) is 7.37. The predicted octanol–water partition coefficient (Wildman–Crippen LogP) is 7.86. The van der Waals surface area contributed by atoms with Gasteiger partial charge in [-0.25, -0.2) is 0 Å². The van der Waals surface area contributed by atoms with E-state index < -0.39 is 5.97 Å². The molecule has 0 amide bonds. The lowest BCUT2D eigenvalue weighted by Crippen LogP contribution is -2.34. The van der Waals surface area contributed by atoms with Gasteiger partial charge in [0, 0.05) is 11.1 Å². The van der Waals surface area contributed by atoms with Crippen molar-refractivity contribution in [3.63, 3.8) is 0 Å². The van der Waals surface area contributed by atoms with E-state index in [-0.39, 0.29) is 16.2 Å². The fourth-order valence-electron chi connectivity index (χ4n) is 3.26. The highest BCUT2D eigenvalue weighted by atomic mass is 35.9. The van der Waals surface area contributed by atoms with Crippen molar-refractivity contribution in [2.24, 2.45) is 0 Å². The lowest BCUT2D eigenvalue weighted by atomic mass is 9.75. The largest absolute Gasteiger partial charge is 0.276 e. The average molecular weight is 424 g/mol. The molecule has 0 spiro atoms. The summed E-state index contributed by atoms with van der Waals surface area (Å²) < 4.78 is 0. The molecule has 0 fully saturated rings. The topological polar surface area (TPSA) is 0 Å². The maximum Gasteiger partial charge on any atom is 0.276 e. The third-order valence-electron chi connectivity index (χ3n) is 4.95. The van der Waals surface area contributed by atoms with Crippen molar-refractivity contribution in [2.45, 2.75) is 78.6 Å². The molecular weight excluding hydrogens is 390 g/mol. The van der Waals surface area contributed by atoms with Crippen LogP contribution in [-0.4, -0.2) is 0 Å². The Balaban J connectivity index is 2.98. The molecule has 0 bridgehead atoms. The molecule has 0 N–H and O–H groups in total. The molecule has 2 rings (SSSR count). The van der Waals surface area contributed by atoms with E-state index in [1.807, 2.05) is 18.2 Å². The molecule has 0 aliphatic rings. The van der Waals surface area contributed by atoms with Crippen LogP contribution in [0.4, 0.5) is 0 Å². The van der Waals surface area contributed by atoms with E-state index >= 15 is 0 Å². The van der Waals surface area contributed by atoms with E-state index in [1.54, 1.807) is 0 Å². The van der Waals surface area contributed by atoms with Gasteiger partial charge in [0.25, 0.3) is 5.97 Å². The number of halogens is 2. The predicted molar refractivity (Wildman–Crippen MR) is 127 cm³/mol. The van der Waals surface area contributed by atoms with Crippen LogP contribution in [-0.2, 0) is 16.2 Å². The molecule has 0 saturated carbocycles. The minimum absolute atomic E-state index is 0.0552. The van der Waals surface area contributed by atoms with Crippen LogP contribution in [0.25, 0.3) is 0 Å². The van der Waals surface area contributed by atoms with Gasteiger partial charge >= 0.3 is 0 Å². The van der Waals surface area contributed by atoms with E-state index in [0.717, 1.165) is 10.6 Å². The van der Waals surface area contributed by atoms with E-state index in [9.17, 15) is 0 Å². The quantitative estimate of drug-likeness (QED) is 0.431. The molecule has 0 radical (unpaired) electrons. The van der Waals surface area contributed by atoms with Gasteiger partial charge in [-0.15, -0.1) is 0 Å². The van der Waals surface area contributed by atoms with Crippen molar-refractivity contribution in [2.75, 3.05) is 0 Å². The van der Waals surface area contributed by atoms with Crippen molar-refractivity contribution >= 4 is 39.1 Å². The summed E-state index contributed by atoms with van der Waals surface area (Å²) >= 11 is 14.5. The third kappa shape index (κ3) is 4.90. The summed E-state index contributed by atoms with van der Waals surface area (Å²) in [4.78, 5) is 0. The van der Waals surface area contributed by atoms with Crippen LogP contribution in [0, 0.1) is 0 Å². The minimum atomic E-state index is -2.54. The first-order valence-corrected chi connectivity index (χ1v) is 13.2. The van der Waals surface area contributed by atoms with Crippen LogP contribution < -0.4 is 10.6 Å². The molecule has 0 aliphatic heterocycles. The lowest BCUT2D eigenvalue weighted by molar-refractivity contribution is 0.553. The zero-order chi connectivity index (χ0) is 20.8. The maximum atomic E-state index is 7.25. The van der Waals surface area contributed by atoms with Gasteiger partial charge in [0.2, 0.25) is 0 Å². The number of hydrogen-bond acceptors (Lipinski definition) is 0. The van der Waals surface area contributed by atoms with Crippen molar-refractivity contribution in [3.8, 4) is 0 Å². The minimum Gasteiger partial charge on any atom is -0.0620 e. The van der Waals surface area contributed by atoms with Gasteiger partial charge in [-0.05, 0) is 33.9 Å². The number of benzene rings is 2. The molecule has 0 saturated heterocycles. The van der Waals surface area contributed by atoms with Crippen LogP contribution >= 0.6 is 28.4 Å². The van der Waals surface area contributed by atoms with E-state index in [0.29, 0.717) is 0 Å². The van der Waals surface area contributed by atoms with E-state index in [4.69, 9.17) is 22.5 Å². The van der Waals surface area contributed by atoms with Crippen molar-refractivity contribution < 1.29 is 0 Å². The Morgan fingerprint density at radius 3 is 1.37 bits per heavy atom. The van der Waals surface area contributed by atoms with Crippen LogP contribution in [0.5, 0.6) is 0 Å². The molecule has 0 atom stereocenters. The molecule has 3 heteroatoms. The Bertz CT molecular complexity index is 766. The van der Waals surface area contributed by atoms with Crippen LogP contribution in [0.2, 0.25) is 0 Å². The Labute approximate surface area is 176 Å². The Morgan fingerprint density at radius 1 is 0.630 bits per heavy atom. The SMILES string of the molecule is CC(C)(C)c1cc(C(C)(C)C)c([P+](Cl)(Cl)c2ccccc2)c(C(C)(C)C)c1. The highest BCUT2D eigenvalue weighted by Crippen LogP contribution is 2.68. The molecule has 0 nitrogen and oxygen atoms in total. The fourth-order valence-corrected chi connectivity index (χ4v) is 7.24. The summed E-state index contributed by atoms with van der Waals surface area (Å²) in [5.41, 5.74) is 3.82. The second-order valence-corrected chi connectivity index (χ2v) is 16.1. The lowest BCUT2D eigenvalue weighted by Gasteiger charge is -2.33. The van der Waals surface area contributed by atoms with Gasteiger partial charge in [-0.3, -0.25) is 0 Å². The van der Waals surface area contributed by atoms with Crippen molar-refractivity contribution in [1.82, 2.24) is 0 Å². The monoisotopic (exact) mass is 423 g/mol. The molecular formula is C24H34Cl2P+. The summed E-state index contributed by atoms with van der Waals surface area (Å²) in [6.45, 7) is 20.3. The summed E-state index contributed by atoms with van der Waals surface area (Å²) in [7, 11) is 0. The first-order chi connectivity index (χ1) is 12.1. The van der Waals surface area contributed by atoms with Crippen LogP contribution in [0.1, 0.15) is 79.0 Å². The maximum absolute atomic E-state index is 7.25. The zero-order valence-corrected chi connectivity index (χ0v) is 20.7. The first-order valence-electron chi connectivity index (χ1n) is 9.60. The van der Waals surface area contributed by atoms with Gasteiger partial charge in [-0.2, -0.15) is 0 Å². The van der Waals surface area contributed by atoms with E-state index in [2.05, 4.69) is 86.6 Å². The van der Waals surface area contributed by atoms with Gasteiger partial charge in [0.05, 0.1) is 0 Å². The summed E-state index contributed by atoms with van der Waals surface area (Å²) in [6.07, 6.45) is 0. The molecule has 148 valence electrons. The molecule has 0 aliphatic carbocycles. The fraction of sp³-hybridized carbons (Fsp3) is 0.500. The Kier molecular flexibility index (Phi) is 6.20. The van der Waals surface area contributed by atoms with Crippen LogP contribution in [0.3, 0.4) is 0 Å². The normalized spacial score (nSPS) is 13.7. The molecule has 0 unspecified atom stereocenters. The number of rotatable bonds is 2. The first kappa shape index (κ1) is 22.7. The highest BCUT2D eigenvalue weighted by Gasteiger charge is 2.48. The smallest absolute Gasteiger partial charge is 0.0620 e. The molecule has 27 heavy (non-hydrogen) atoms. The summed E-state index contributed by atoms with van der Waals surface area (Å²) in [5, 5.41) is 2.16. The standard InChI is InChI=1S/C24H34Cl2P/c1-22(2,3)17-15-19(23(4,5)6)21(20(16-17)24(7,8)9)27(25,26)18-13-11-10-12-14-18/h10-16H,1-9H3/q+1. The Morgan fingerprint density at radius 2 is 1.04 bits per heavy atom. The van der Waals surface area contributed by atoms with Crippen LogP contribution in [0.15, 0.2) is 42.5 Å². The zero-order valence-electron chi connectivity index (χ0n) is 18.2. The average Bonchev–Trinajstić information content (AvgIpc) is 2.52. The van der Waals surface area contributed by atoms with Gasteiger partial charge in [-0.1, -0.05) is 92.6 Å². The Hall–Kier alpha value is -0.550. The van der Waals surface area contributed by atoms with E-state index in [1.165, 1.54) is 16.7 Å². The summed E-state index contributed by atoms with van der Waals surface area (Å²) in [6, 6.07) is 14.8. The number of hydrogen-bond donors (Lipinski definition) is 0. The molecule has 0 aromatic heterocycles. The van der Waals surface area contributed by atoms with Crippen molar-refractivity contribution in [1.29, 1.82) is 0 Å². The molecule has 2 aromatic carbocycles. The van der Waals surface area contributed by atoms with Gasteiger partial charge in [0.1, 0.15) is 33.1 Å². The highest BCUT2D eigenvalue weighted by molar-refractivity contribution is 8.26. The molecule has 2 aromatic rings. The summed E-state index contributed by atoms with van der Waals surface area (Å²) in [5.74, 6) is -2.54. The van der Waals surface area contributed by atoms with Gasteiger partial charge in [0.15, 0.2) is 0 Å². The second-order valence-electron chi connectivity index (χ2n) is 10.5. The molecule has 0 heterocycles. The third-order valence-corrected chi connectivity index (χ3v) is 9.13. The van der Waals surface area contributed by atoms with Crippen molar-refractivity contribution in [3.05, 3.63) is 59.2 Å².